The highest BCUT2D eigenvalue weighted by Crippen LogP contribution is 2.27. The second-order valence-corrected chi connectivity index (χ2v) is 6.30. The van der Waals surface area contributed by atoms with Gasteiger partial charge in [0.1, 0.15) is 5.75 Å². The molecule has 1 amide bonds. The van der Waals surface area contributed by atoms with Gasteiger partial charge in [0.15, 0.2) is 0 Å². The smallest absolute Gasteiger partial charge is 0.227 e. The molecule has 2 aromatic rings. The molecule has 1 saturated heterocycles. The minimum atomic E-state index is 0.104. The van der Waals surface area contributed by atoms with E-state index in [1.165, 1.54) is 5.56 Å². The number of nitrogens with zero attached hydrogens (tertiary/aromatic N) is 2. The molecule has 0 aliphatic carbocycles. The number of amides is 1. The first kappa shape index (κ1) is 16.5. The number of phenolic OH excluding ortho intramolecular Hbond substituents is 1. The molecule has 4 heteroatoms. The number of hydrogen-bond acceptors (Lipinski definition) is 3. The molecule has 1 heterocycles. The van der Waals surface area contributed by atoms with Gasteiger partial charge in [0.25, 0.3) is 0 Å². The largest absolute Gasteiger partial charge is 0.508 e. The Kier molecular flexibility index (Phi) is 5.16. The van der Waals surface area contributed by atoms with Crippen molar-refractivity contribution in [2.45, 2.75) is 32.4 Å². The normalized spacial score (nSPS) is 17.8. The van der Waals surface area contributed by atoms with E-state index in [0.717, 1.165) is 31.7 Å². The molecule has 0 aromatic heterocycles. The van der Waals surface area contributed by atoms with Crippen molar-refractivity contribution in [3.63, 3.8) is 0 Å². The van der Waals surface area contributed by atoms with Crippen LogP contribution in [0.1, 0.15) is 25.3 Å². The Balaban J connectivity index is 1.74. The molecule has 0 bridgehead atoms. The van der Waals surface area contributed by atoms with Gasteiger partial charge in [-0.05, 0) is 24.1 Å². The van der Waals surface area contributed by atoms with E-state index in [4.69, 9.17) is 0 Å². The van der Waals surface area contributed by atoms with Gasteiger partial charge in [-0.15, -0.1) is 0 Å². The number of anilines is 1. The first-order valence-corrected chi connectivity index (χ1v) is 8.54. The van der Waals surface area contributed by atoms with Crippen molar-refractivity contribution in [2.75, 3.05) is 18.0 Å². The van der Waals surface area contributed by atoms with Crippen LogP contribution in [0.15, 0.2) is 54.6 Å². The fourth-order valence-electron chi connectivity index (χ4n) is 3.38. The van der Waals surface area contributed by atoms with Crippen molar-refractivity contribution in [1.82, 2.24) is 4.90 Å². The summed E-state index contributed by atoms with van der Waals surface area (Å²) in [7, 11) is 0. The van der Waals surface area contributed by atoms with Gasteiger partial charge in [-0.3, -0.25) is 9.69 Å². The summed E-state index contributed by atoms with van der Waals surface area (Å²) in [5.41, 5.74) is 2.08. The molecule has 1 N–H and O–H groups in total. The maximum absolute atomic E-state index is 12.5. The van der Waals surface area contributed by atoms with Crippen LogP contribution in [0, 0.1) is 0 Å². The van der Waals surface area contributed by atoms with E-state index < -0.39 is 0 Å². The van der Waals surface area contributed by atoms with Crippen LogP contribution in [0.2, 0.25) is 0 Å². The summed E-state index contributed by atoms with van der Waals surface area (Å²) >= 11 is 0. The van der Waals surface area contributed by atoms with Crippen LogP contribution in [-0.4, -0.2) is 35.0 Å². The zero-order valence-corrected chi connectivity index (χ0v) is 14.1. The summed E-state index contributed by atoms with van der Waals surface area (Å²) in [4.78, 5) is 16.8. The number of phenols is 1. The van der Waals surface area contributed by atoms with Gasteiger partial charge in [-0.25, -0.2) is 0 Å². The maximum Gasteiger partial charge on any atom is 0.227 e. The highest BCUT2D eigenvalue weighted by Gasteiger charge is 2.31. The molecule has 0 radical (unpaired) electrons. The molecule has 2 aromatic carbocycles. The van der Waals surface area contributed by atoms with E-state index in [1.54, 1.807) is 18.2 Å². The van der Waals surface area contributed by atoms with Gasteiger partial charge in [-0.1, -0.05) is 43.3 Å². The zero-order valence-electron chi connectivity index (χ0n) is 14.1. The molecule has 1 aliphatic rings. The van der Waals surface area contributed by atoms with E-state index in [9.17, 15) is 9.90 Å². The Bertz CT molecular complexity index is 687. The van der Waals surface area contributed by atoms with Crippen molar-refractivity contribution in [3.05, 3.63) is 60.2 Å². The van der Waals surface area contributed by atoms with Crippen molar-refractivity contribution < 1.29 is 9.90 Å². The second-order valence-electron chi connectivity index (χ2n) is 6.30. The molecule has 1 aliphatic heterocycles. The van der Waals surface area contributed by atoms with Gasteiger partial charge >= 0.3 is 0 Å². The molecule has 0 spiro atoms. The number of rotatable bonds is 5. The lowest BCUT2D eigenvalue weighted by atomic mass is 10.1. The van der Waals surface area contributed by atoms with Crippen LogP contribution >= 0.6 is 0 Å². The van der Waals surface area contributed by atoms with E-state index in [2.05, 4.69) is 29.2 Å². The molecule has 24 heavy (non-hydrogen) atoms. The number of benzene rings is 2. The second kappa shape index (κ2) is 7.49. The number of carbonyl (C=O) groups is 1. The van der Waals surface area contributed by atoms with E-state index in [1.807, 2.05) is 24.0 Å². The van der Waals surface area contributed by atoms with Gasteiger partial charge in [0.05, 0.1) is 6.04 Å². The summed E-state index contributed by atoms with van der Waals surface area (Å²) in [5.74, 6) is 0.299. The Hall–Kier alpha value is -2.33. The molecule has 3 rings (SSSR count). The topological polar surface area (TPSA) is 43.8 Å². The Morgan fingerprint density at radius 1 is 1.21 bits per heavy atom. The van der Waals surface area contributed by atoms with Gasteiger partial charge in [0, 0.05) is 37.8 Å². The minimum Gasteiger partial charge on any atom is -0.508 e. The summed E-state index contributed by atoms with van der Waals surface area (Å²) in [6, 6.07) is 17.6. The molecule has 1 atom stereocenters. The summed E-state index contributed by atoms with van der Waals surface area (Å²) in [6.45, 7) is 4.63. The summed E-state index contributed by atoms with van der Waals surface area (Å²) in [6.07, 6.45) is 1.42. The number of likely N-dealkylation sites (tertiary alicyclic amines) is 1. The average molecular weight is 324 g/mol. The van der Waals surface area contributed by atoms with Crippen LogP contribution in [0.25, 0.3) is 0 Å². The van der Waals surface area contributed by atoms with E-state index in [-0.39, 0.29) is 17.7 Å². The van der Waals surface area contributed by atoms with Crippen molar-refractivity contribution in [1.29, 1.82) is 0 Å². The molecule has 0 unspecified atom stereocenters. The van der Waals surface area contributed by atoms with Gasteiger partial charge in [0.2, 0.25) is 5.91 Å². The maximum atomic E-state index is 12.5. The third kappa shape index (κ3) is 3.77. The minimum absolute atomic E-state index is 0.104. The van der Waals surface area contributed by atoms with Crippen LogP contribution < -0.4 is 4.90 Å². The lowest BCUT2D eigenvalue weighted by Gasteiger charge is -2.29. The molecule has 1 fully saturated rings. The van der Waals surface area contributed by atoms with Gasteiger partial charge in [-0.2, -0.15) is 0 Å². The quantitative estimate of drug-likeness (QED) is 0.916. The standard InChI is InChI=1S/C20H24N2O2/c1-2-20(24)22(17-9-6-10-19(23)13-17)18-11-12-21(15-18)14-16-7-4-3-5-8-16/h3-10,13,18,23H,2,11-12,14-15H2,1H3/t18-/m0/s1. The monoisotopic (exact) mass is 324 g/mol. The highest BCUT2D eigenvalue weighted by atomic mass is 16.3. The number of hydrogen-bond donors (Lipinski definition) is 1. The highest BCUT2D eigenvalue weighted by molar-refractivity contribution is 5.94. The fraction of sp³-hybridized carbons (Fsp3) is 0.350. The summed E-state index contributed by atoms with van der Waals surface area (Å²) in [5, 5.41) is 9.76. The molecular weight excluding hydrogens is 300 g/mol. The predicted molar refractivity (Wildman–Crippen MR) is 96.0 cm³/mol. The van der Waals surface area contributed by atoms with Crippen molar-refractivity contribution in [2.24, 2.45) is 0 Å². The molecule has 126 valence electrons. The third-order valence-corrected chi connectivity index (χ3v) is 4.54. The Morgan fingerprint density at radius 2 is 2.00 bits per heavy atom. The van der Waals surface area contributed by atoms with Crippen LogP contribution in [-0.2, 0) is 11.3 Å². The van der Waals surface area contributed by atoms with Crippen molar-refractivity contribution >= 4 is 11.6 Å². The SMILES string of the molecule is CCC(=O)N(c1cccc(O)c1)[C@H]1CCN(Cc2ccccc2)C1. The Labute approximate surface area is 143 Å². The fourth-order valence-corrected chi connectivity index (χ4v) is 3.38. The average Bonchev–Trinajstić information content (AvgIpc) is 3.04. The number of aromatic hydroxyl groups is 1. The Morgan fingerprint density at radius 3 is 2.71 bits per heavy atom. The van der Waals surface area contributed by atoms with Crippen LogP contribution in [0.5, 0.6) is 5.75 Å². The van der Waals surface area contributed by atoms with E-state index >= 15 is 0 Å². The first-order valence-electron chi connectivity index (χ1n) is 8.54. The number of carbonyl (C=O) groups excluding carboxylic acids is 1. The first-order chi connectivity index (χ1) is 11.7. The van der Waals surface area contributed by atoms with Crippen LogP contribution in [0.4, 0.5) is 5.69 Å². The zero-order chi connectivity index (χ0) is 16.9. The molecule has 4 nitrogen and oxygen atoms in total. The molecule has 0 saturated carbocycles. The summed E-state index contributed by atoms with van der Waals surface area (Å²) < 4.78 is 0. The van der Waals surface area contributed by atoms with E-state index in [0.29, 0.717) is 6.42 Å². The predicted octanol–water partition coefficient (Wildman–Crippen LogP) is 3.41. The lowest BCUT2D eigenvalue weighted by Crippen LogP contribution is -2.41. The third-order valence-electron chi connectivity index (χ3n) is 4.54. The van der Waals surface area contributed by atoms with Crippen molar-refractivity contribution in [3.8, 4) is 5.75 Å². The van der Waals surface area contributed by atoms with Gasteiger partial charge < -0.3 is 10.0 Å². The lowest BCUT2D eigenvalue weighted by molar-refractivity contribution is -0.118. The molecular formula is C20H24N2O2. The van der Waals surface area contributed by atoms with Crippen LogP contribution in [0.3, 0.4) is 0 Å².